The molecule has 1 aliphatic rings. The highest BCUT2D eigenvalue weighted by atomic mass is 16.5. The lowest BCUT2D eigenvalue weighted by atomic mass is 9.84. The molecule has 2 aromatic carbocycles. The Balaban J connectivity index is 1.28. The molecule has 3 aromatic rings. The fraction of sp³-hybridized carbons (Fsp3) is 0.400. The van der Waals surface area contributed by atoms with Crippen LogP contribution in [0.1, 0.15) is 56.1 Å². The summed E-state index contributed by atoms with van der Waals surface area (Å²) in [5.41, 5.74) is 2.33. The maximum absolute atomic E-state index is 5.92. The first-order valence-electron chi connectivity index (χ1n) is 11.3. The van der Waals surface area contributed by atoms with E-state index in [1.165, 1.54) is 55.0 Å². The minimum absolute atomic E-state index is 0.429. The van der Waals surface area contributed by atoms with Gasteiger partial charge in [-0.2, -0.15) is 5.10 Å². The van der Waals surface area contributed by atoms with E-state index in [-0.39, 0.29) is 0 Å². The summed E-state index contributed by atoms with van der Waals surface area (Å²) in [7, 11) is 0. The first-order valence-corrected chi connectivity index (χ1v) is 11.3. The van der Waals surface area contributed by atoms with E-state index in [0.717, 1.165) is 11.3 Å². The van der Waals surface area contributed by atoms with E-state index >= 15 is 0 Å². The van der Waals surface area contributed by atoms with E-state index < -0.39 is 0 Å². The van der Waals surface area contributed by atoms with Crippen molar-refractivity contribution in [2.75, 3.05) is 19.8 Å². The molecule has 0 N–H and O–H groups in total. The molecule has 0 bridgehead atoms. The van der Waals surface area contributed by atoms with Gasteiger partial charge < -0.3 is 14.2 Å². The van der Waals surface area contributed by atoms with Crippen molar-refractivity contribution in [3.05, 3.63) is 66.2 Å². The third-order valence-corrected chi connectivity index (χ3v) is 5.58. The van der Waals surface area contributed by atoms with Crippen LogP contribution >= 0.6 is 0 Å². The minimum Gasteiger partial charge on any atom is -0.490 e. The van der Waals surface area contributed by atoms with Crippen LogP contribution in [0.4, 0.5) is 0 Å². The number of hydrogen-bond acceptors (Lipinski definition) is 6. The third-order valence-electron chi connectivity index (χ3n) is 5.58. The molecule has 0 saturated heterocycles. The first-order chi connectivity index (χ1) is 15.8. The van der Waals surface area contributed by atoms with Crippen LogP contribution < -0.4 is 14.2 Å². The Morgan fingerprint density at radius 2 is 1.66 bits per heavy atom. The smallest absolute Gasteiger partial charge is 0.161 e. The van der Waals surface area contributed by atoms with Gasteiger partial charge in [-0.15, -0.1) is 10.2 Å². The van der Waals surface area contributed by atoms with Gasteiger partial charge >= 0.3 is 0 Å². The monoisotopic (exact) mass is 434 g/mol. The molecule has 1 saturated carbocycles. The lowest BCUT2D eigenvalue weighted by molar-refractivity contribution is 0.208. The van der Waals surface area contributed by atoms with E-state index in [4.69, 9.17) is 14.2 Å². The summed E-state index contributed by atoms with van der Waals surface area (Å²) in [6, 6.07) is 14.3. The highest BCUT2D eigenvalue weighted by Crippen LogP contribution is 2.33. The molecule has 1 fully saturated rings. The van der Waals surface area contributed by atoms with Gasteiger partial charge in [-0.1, -0.05) is 31.4 Å². The summed E-state index contributed by atoms with van der Waals surface area (Å²) in [4.78, 5) is 0. The minimum atomic E-state index is 0.429. The molecule has 7 nitrogen and oxygen atoms in total. The highest BCUT2D eigenvalue weighted by molar-refractivity contribution is 5.80. The molecule has 0 spiro atoms. The quantitative estimate of drug-likeness (QED) is 0.329. The van der Waals surface area contributed by atoms with Crippen LogP contribution in [0.15, 0.2) is 60.2 Å². The van der Waals surface area contributed by atoms with Gasteiger partial charge in [0.05, 0.1) is 12.8 Å². The van der Waals surface area contributed by atoms with E-state index in [0.29, 0.717) is 37.2 Å². The summed E-state index contributed by atoms with van der Waals surface area (Å²) in [5.74, 6) is 2.95. The van der Waals surface area contributed by atoms with Crippen molar-refractivity contribution in [3.63, 3.8) is 0 Å². The van der Waals surface area contributed by atoms with Gasteiger partial charge in [0.25, 0.3) is 0 Å². The van der Waals surface area contributed by atoms with Crippen molar-refractivity contribution in [3.8, 4) is 17.2 Å². The maximum Gasteiger partial charge on any atom is 0.161 e. The Labute approximate surface area is 189 Å². The summed E-state index contributed by atoms with van der Waals surface area (Å²) in [5, 5.41) is 11.7. The summed E-state index contributed by atoms with van der Waals surface area (Å²) < 4.78 is 19.1. The van der Waals surface area contributed by atoms with Crippen molar-refractivity contribution in [2.45, 2.75) is 44.9 Å². The van der Waals surface area contributed by atoms with Gasteiger partial charge in [-0.3, -0.25) is 0 Å². The summed E-state index contributed by atoms with van der Waals surface area (Å²) in [6.45, 7) is 3.39. The lowest BCUT2D eigenvalue weighted by Gasteiger charge is -2.22. The fourth-order valence-corrected chi connectivity index (χ4v) is 3.96. The number of hydrogen-bond donors (Lipinski definition) is 0. The van der Waals surface area contributed by atoms with Crippen molar-refractivity contribution < 1.29 is 14.2 Å². The van der Waals surface area contributed by atoms with E-state index in [1.54, 1.807) is 6.21 Å². The van der Waals surface area contributed by atoms with Crippen molar-refractivity contribution in [2.24, 2.45) is 5.10 Å². The molecular formula is C25H30N4O3. The molecular weight excluding hydrogens is 404 g/mol. The molecule has 1 heterocycles. The second-order valence-corrected chi connectivity index (χ2v) is 7.83. The lowest BCUT2D eigenvalue weighted by Crippen LogP contribution is -2.10. The molecule has 0 aliphatic heterocycles. The van der Waals surface area contributed by atoms with Crippen LogP contribution in [0.2, 0.25) is 0 Å². The molecule has 0 amide bonds. The highest BCUT2D eigenvalue weighted by Gasteiger charge is 2.15. The number of benzene rings is 2. The molecule has 32 heavy (non-hydrogen) atoms. The van der Waals surface area contributed by atoms with Crippen LogP contribution in [-0.4, -0.2) is 40.9 Å². The number of ether oxygens (including phenoxy) is 3. The second kappa shape index (κ2) is 11.3. The zero-order valence-corrected chi connectivity index (χ0v) is 18.5. The van der Waals surface area contributed by atoms with E-state index in [1.807, 2.05) is 25.1 Å². The van der Waals surface area contributed by atoms with Crippen LogP contribution in [0.5, 0.6) is 17.2 Å². The number of aromatic nitrogens is 3. The third kappa shape index (κ3) is 6.09. The Morgan fingerprint density at radius 3 is 2.41 bits per heavy atom. The average Bonchev–Trinajstić information content (AvgIpc) is 3.36. The summed E-state index contributed by atoms with van der Waals surface area (Å²) >= 11 is 0. The maximum atomic E-state index is 5.92. The first kappa shape index (κ1) is 21.9. The predicted molar refractivity (Wildman–Crippen MR) is 124 cm³/mol. The van der Waals surface area contributed by atoms with Crippen LogP contribution in [0.25, 0.3) is 0 Å². The van der Waals surface area contributed by atoms with E-state index in [9.17, 15) is 0 Å². The van der Waals surface area contributed by atoms with Crippen molar-refractivity contribution in [1.29, 1.82) is 0 Å². The van der Waals surface area contributed by atoms with Crippen molar-refractivity contribution in [1.82, 2.24) is 14.9 Å². The standard InChI is InChI=1S/C25H30N4O3/c1-2-30-25-16-20(17-28-29-18-26-27-19-29)8-13-24(25)32-15-14-31-23-11-9-22(10-12-23)21-6-4-3-5-7-21/h8-13,16-19,21H,2-7,14-15H2,1H3. The van der Waals surface area contributed by atoms with Crippen LogP contribution in [0.3, 0.4) is 0 Å². The second-order valence-electron chi connectivity index (χ2n) is 7.83. The zero-order chi connectivity index (χ0) is 22.0. The Bertz CT molecular complexity index is 981. The molecule has 0 radical (unpaired) electrons. The molecule has 168 valence electrons. The van der Waals surface area contributed by atoms with Crippen LogP contribution in [-0.2, 0) is 0 Å². The molecule has 0 unspecified atom stereocenters. The zero-order valence-electron chi connectivity index (χ0n) is 18.5. The molecule has 7 heteroatoms. The Hall–Kier alpha value is -3.35. The van der Waals surface area contributed by atoms with Gasteiger partial charge in [0.2, 0.25) is 0 Å². The van der Waals surface area contributed by atoms with Gasteiger partial charge in [0, 0.05) is 0 Å². The SMILES string of the molecule is CCOc1cc(C=Nn2cnnc2)ccc1OCCOc1ccc(C2CCCCC2)cc1. The molecule has 0 atom stereocenters. The Morgan fingerprint density at radius 1 is 0.906 bits per heavy atom. The normalized spacial score (nSPS) is 14.5. The summed E-state index contributed by atoms with van der Waals surface area (Å²) in [6.07, 6.45) is 11.5. The largest absolute Gasteiger partial charge is 0.490 e. The molecule has 1 aromatic heterocycles. The van der Waals surface area contributed by atoms with Crippen molar-refractivity contribution >= 4 is 6.21 Å². The van der Waals surface area contributed by atoms with Crippen LogP contribution in [0, 0.1) is 0 Å². The fourth-order valence-electron chi connectivity index (χ4n) is 3.96. The van der Waals surface area contributed by atoms with Gasteiger partial charge in [0.15, 0.2) is 11.5 Å². The van der Waals surface area contributed by atoms with Gasteiger partial charge in [0.1, 0.15) is 31.6 Å². The Kier molecular flexibility index (Phi) is 7.74. The average molecular weight is 435 g/mol. The van der Waals surface area contributed by atoms with Gasteiger partial charge in [-0.05, 0) is 67.1 Å². The number of nitrogens with zero attached hydrogens (tertiary/aromatic N) is 4. The topological polar surface area (TPSA) is 70.8 Å². The molecule has 4 rings (SSSR count). The predicted octanol–water partition coefficient (Wildman–Crippen LogP) is 5.06. The van der Waals surface area contributed by atoms with Gasteiger partial charge in [-0.25, -0.2) is 4.68 Å². The van der Waals surface area contributed by atoms with E-state index in [2.05, 4.69) is 39.6 Å². The molecule has 1 aliphatic carbocycles. The number of rotatable bonds is 10.